The molecule has 0 saturated heterocycles. The van der Waals surface area contributed by atoms with Crippen LogP contribution in [0, 0.1) is 5.82 Å². The standard InChI is InChI=1S/C11H17FN2O2S/c1-3-6-14(2)17(15,16)11-5-4-9(8-13)7-10(11)12/h4-5,7H,3,6,8,13H2,1-2H3. The van der Waals surface area contributed by atoms with Crippen LogP contribution in [0.25, 0.3) is 0 Å². The van der Waals surface area contributed by atoms with Gasteiger partial charge in [-0.1, -0.05) is 13.0 Å². The third kappa shape index (κ3) is 3.02. The van der Waals surface area contributed by atoms with Gasteiger partial charge in [0.15, 0.2) is 0 Å². The highest BCUT2D eigenvalue weighted by Gasteiger charge is 2.23. The normalized spacial score (nSPS) is 12.1. The minimum atomic E-state index is -3.74. The van der Waals surface area contributed by atoms with E-state index in [1.165, 1.54) is 19.2 Å². The predicted octanol–water partition coefficient (Wildman–Crippen LogP) is 1.31. The first-order valence-electron chi connectivity index (χ1n) is 5.38. The fourth-order valence-corrected chi connectivity index (χ4v) is 2.79. The van der Waals surface area contributed by atoms with Crippen LogP contribution in [0.3, 0.4) is 0 Å². The zero-order valence-electron chi connectivity index (χ0n) is 9.98. The van der Waals surface area contributed by atoms with Crippen molar-refractivity contribution in [1.82, 2.24) is 4.31 Å². The van der Waals surface area contributed by atoms with Crippen LogP contribution >= 0.6 is 0 Å². The lowest BCUT2D eigenvalue weighted by atomic mass is 10.2. The van der Waals surface area contributed by atoms with Crippen LogP contribution in [0.1, 0.15) is 18.9 Å². The van der Waals surface area contributed by atoms with E-state index in [4.69, 9.17) is 5.73 Å². The molecule has 4 nitrogen and oxygen atoms in total. The molecule has 0 aliphatic carbocycles. The summed E-state index contributed by atoms with van der Waals surface area (Å²) in [4.78, 5) is -0.300. The highest BCUT2D eigenvalue weighted by atomic mass is 32.2. The van der Waals surface area contributed by atoms with Crippen molar-refractivity contribution in [2.45, 2.75) is 24.8 Å². The quantitative estimate of drug-likeness (QED) is 0.868. The highest BCUT2D eigenvalue weighted by Crippen LogP contribution is 2.19. The Morgan fingerprint density at radius 1 is 1.41 bits per heavy atom. The maximum absolute atomic E-state index is 13.7. The second-order valence-corrected chi connectivity index (χ2v) is 5.81. The van der Waals surface area contributed by atoms with Gasteiger partial charge in [-0.25, -0.2) is 17.1 Å². The van der Waals surface area contributed by atoms with Gasteiger partial charge in [0.2, 0.25) is 10.0 Å². The average Bonchev–Trinajstić information content (AvgIpc) is 2.28. The van der Waals surface area contributed by atoms with Gasteiger partial charge in [-0.05, 0) is 24.1 Å². The van der Waals surface area contributed by atoms with Crippen LogP contribution in [0.2, 0.25) is 0 Å². The molecule has 0 saturated carbocycles. The van der Waals surface area contributed by atoms with Crippen molar-refractivity contribution in [1.29, 1.82) is 0 Å². The Morgan fingerprint density at radius 3 is 2.53 bits per heavy atom. The molecule has 0 amide bonds. The van der Waals surface area contributed by atoms with Crippen molar-refractivity contribution in [3.63, 3.8) is 0 Å². The van der Waals surface area contributed by atoms with E-state index in [0.717, 1.165) is 10.4 Å². The van der Waals surface area contributed by atoms with E-state index in [0.29, 0.717) is 18.5 Å². The first-order valence-corrected chi connectivity index (χ1v) is 6.82. The van der Waals surface area contributed by atoms with Gasteiger partial charge < -0.3 is 5.73 Å². The minimum Gasteiger partial charge on any atom is -0.326 e. The maximum atomic E-state index is 13.7. The minimum absolute atomic E-state index is 0.183. The molecule has 1 rings (SSSR count). The first-order chi connectivity index (χ1) is 7.93. The van der Waals surface area contributed by atoms with Crippen LogP contribution in [-0.2, 0) is 16.6 Å². The second kappa shape index (κ2) is 5.57. The van der Waals surface area contributed by atoms with Crippen molar-refractivity contribution in [3.05, 3.63) is 29.6 Å². The molecule has 0 radical (unpaired) electrons. The lowest BCUT2D eigenvalue weighted by Gasteiger charge is -2.16. The van der Waals surface area contributed by atoms with Crippen molar-refractivity contribution in [3.8, 4) is 0 Å². The van der Waals surface area contributed by atoms with Gasteiger partial charge in [-0.2, -0.15) is 0 Å². The Bertz CT molecular complexity index is 488. The summed E-state index contributed by atoms with van der Waals surface area (Å²) in [6.07, 6.45) is 0.679. The van der Waals surface area contributed by atoms with E-state index in [1.807, 2.05) is 6.92 Å². The van der Waals surface area contributed by atoms with E-state index in [1.54, 1.807) is 0 Å². The molecule has 0 bridgehead atoms. The van der Waals surface area contributed by atoms with E-state index in [9.17, 15) is 12.8 Å². The molecule has 0 spiro atoms. The van der Waals surface area contributed by atoms with Crippen molar-refractivity contribution >= 4 is 10.0 Å². The van der Waals surface area contributed by atoms with Crippen molar-refractivity contribution in [2.75, 3.05) is 13.6 Å². The molecule has 1 aromatic rings. The van der Waals surface area contributed by atoms with Gasteiger partial charge in [0.1, 0.15) is 10.7 Å². The van der Waals surface area contributed by atoms with E-state index < -0.39 is 15.8 Å². The summed E-state index contributed by atoms with van der Waals surface area (Å²) in [5.41, 5.74) is 5.93. The molecule has 1 aromatic carbocycles. The number of hydrogen-bond acceptors (Lipinski definition) is 3. The number of hydrogen-bond donors (Lipinski definition) is 1. The van der Waals surface area contributed by atoms with E-state index >= 15 is 0 Å². The molecule has 0 atom stereocenters. The molecule has 6 heteroatoms. The zero-order valence-corrected chi connectivity index (χ0v) is 10.8. The van der Waals surface area contributed by atoms with E-state index in [2.05, 4.69) is 0 Å². The smallest absolute Gasteiger partial charge is 0.245 e. The monoisotopic (exact) mass is 260 g/mol. The molecule has 96 valence electrons. The van der Waals surface area contributed by atoms with Gasteiger partial charge in [0.05, 0.1) is 0 Å². The van der Waals surface area contributed by atoms with Gasteiger partial charge in [0.25, 0.3) is 0 Å². The molecular formula is C11H17FN2O2S. The third-order valence-corrected chi connectivity index (χ3v) is 4.35. The number of nitrogens with zero attached hydrogens (tertiary/aromatic N) is 1. The van der Waals surface area contributed by atoms with Crippen LogP contribution in [0.4, 0.5) is 4.39 Å². The summed E-state index contributed by atoms with van der Waals surface area (Å²) < 4.78 is 38.8. The zero-order chi connectivity index (χ0) is 13.1. The SMILES string of the molecule is CCCN(C)S(=O)(=O)c1ccc(CN)cc1F. The number of rotatable bonds is 5. The summed E-state index contributed by atoms with van der Waals surface area (Å²) in [7, 11) is -2.30. The molecule has 0 fully saturated rings. The molecule has 17 heavy (non-hydrogen) atoms. The lowest BCUT2D eigenvalue weighted by molar-refractivity contribution is 0.461. The lowest BCUT2D eigenvalue weighted by Crippen LogP contribution is -2.28. The summed E-state index contributed by atoms with van der Waals surface area (Å²) >= 11 is 0. The van der Waals surface area contributed by atoms with Crippen molar-refractivity contribution < 1.29 is 12.8 Å². The van der Waals surface area contributed by atoms with E-state index in [-0.39, 0.29) is 11.4 Å². The van der Waals surface area contributed by atoms with Crippen LogP contribution in [0.15, 0.2) is 23.1 Å². The predicted molar refractivity (Wildman–Crippen MR) is 64.4 cm³/mol. The van der Waals surface area contributed by atoms with Gasteiger partial charge in [-0.3, -0.25) is 0 Å². The summed E-state index contributed by atoms with van der Waals surface area (Å²) in [6.45, 7) is 2.41. The number of sulfonamides is 1. The van der Waals surface area contributed by atoms with Gasteiger partial charge in [-0.15, -0.1) is 0 Å². The molecule has 0 unspecified atom stereocenters. The Kier molecular flexibility index (Phi) is 4.62. The number of halogens is 1. The average molecular weight is 260 g/mol. The molecule has 0 aliphatic rings. The summed E-state index contributed by atoms with van der Waals surface area (Å²) in [5, 5.41) is 0. The Labute approximate surface area is 101 Å². The number of nitrogens with two attached hydrogens (primary N) is 1. The van der Waals surface area contributed by atoms with Crippen LogP contribution in [0.5, 0.6) is 0 Å². The molecule has 0 aromatic heterocycles. The van der Waals surface area contributed by atoms with Gasteiger partial charge in [0, 0.05) is 20.1 Å². The molecule has 2 N–H and O–H groups in total. The summed E-state index contributed by atoms with van der Waals surface area (Å²) in [5.74, 6) is -0.754. The highest BCUT2D eigenvalue weighted by molar-refractivity contribution is 7.89. The Balaban J connectivity index is 3.16. The van der Waals surface area contributed by atoms with Gasteiger partial charge >= 0.3 is 0 Å². The maximum Gasteiger partial charge on any atom is 0.245 e. The number of benzene rings is 1. The fraction of sp³-hybridized carbons (Fsp3) is 0.455. The fourth-order valence-electron chi connectivity index (χ4n) is 1.48. The molecule has 0 heterocycles. The topological polar surface area (TPSA) is 63.4 Å². The molecular weight excluding hydrogens is 243 g/mol. The van der Waals surface area contributed by atoms with Crippen LogP contribution in [-0.4, -0.2) is 26.3 Å². The van der Waals surface area contributed by atoms with Crippen molar-refractivity contribution in [2.24, 2.45) is 5.73 Å². The largest absolute Gasteiger partial charge is 0.326 e. The Morgan fingerprint density at radius 2 is 2.06 bits per heavy atom. The first kappa shape index (κ1) is 14.1. The second-order valence-electron chi connectivity index (χ2n) is 3.80. The molecule has 0 aliphatic heterocycles. The van der Waals surface area contributed by atoms with Crippen LogP contribution < -0.4 is 5.73 Å². The third-order valence-electron chi connectivity index (χ3n) is 2.46. The summed E-state index contributed by atoms with van der Waals surface area (Å²) in [6, 6.07) is 3.95. The Hall–Kier alpha value is -0.980.